The Labute approximate surface area is 220 Å². The van der Waals surface area contributed by atoms with Gasteiger partial charge in [0.15, 0.2) is 0 Å². The summed E-state index contributed by atoms with van der Waals surface area (Å²) in [6.07, 6.45) is 8.45. The molecule has 0 saturated heterocycles. The molecular formula is C31H38N4O2. The third-order valence-corrected chi connectivity index (χ3v) is 7.07. The maximum atomic E-state index is 13.1. The second-order valence-corrected chi connectivity index (χ2v) is 9.83. The number of anilines is 2. The van der Waals surface area contributed by atoms with Crippen molar-refractivity contribution < 1.29 is 9.59 Å². The average Bonchev–Trinajstić information content (AvgIpc) is 2.94. The average molecular weight is 499 g/mol. The molecule has 0 spiro atoms. The molecule has 1 aliphatic rings. The van der Waals surface area contributed by atoms with Gasteiger partial charge in [-0.05, 0) is 85.5 Å². The van der Waals surface area contributed by atoms with Gasteiger partial charge < -0.3 is 21.7 Å². The molecule has 3 aromatic carbocycles. The lowest BCUT2D eigenvalue weighted by atomic mass is 9.84. The van der Waals surface area contributed by atoms with Crippen molar-refractivity contribution in [2.45, 2.75) is 63.3 Å². The van der Waals surface area contributed by atoms with Crippen LogP contribution >= 0.6 is 0 Å². The van der Waals surface area contributed by atoms with Crippen LogP contribution in [0.15, 0.2) is 78.9 Å². The molecule has 1 atom stereocenters. The number of nitrogens with one attached hydrogen (secondary N) is 3. The monoisotopic (exact) mass is 498 g/mol. The minimum Gasteiger partial charge on any atom is -0.330 e. The topological polar surface area (TPSA) is 96.2 Å². The lowest BCUT2D eigenvalue weighted by molar-refractivity contribution is -0.118. The van der Waals surface area contributed by atoms with E-state index >= 15 is 0 Å². The lowest BCUT2D eigenvalue weighted by Crippen LogP contribution is -2.45. The molecule has 1 fully saturated rings. The number of hydrogen-bond donors (Lipinski definition) is 4. The van der Waals surface area contributed by atoms with Crippen LogP contribution in [0, 0.1) is 0 Å². The van der Waals surface area contributed by atoms with Crippen LogP contribution < -0.4 is 21.7 Å². The number of amides is 3. The zero-order valence-electron chi connectivity index (χ0n) is 21.4. The zero-order chi connectivity index (χ0) is 25.9. The predicted octanol–water partition coefficient (Wildman–Crippen LogP) is 6.66. The van der Waals surface area contributed by atoms with Crippen LogP contribution in [0.3, 0.4) is 0 Å². The van der Waals surface area contributed by atoms with Crippen molar-refractivity contribution in [2.24, 2.45) is 5.73 Å². The summed E-state index contributed by atoms with van der Waals surface area (Å²) in [5.74, 6) is 0.395. The van der Waals surface area contributed by atoms with Gasteiger partial charge in [-0.15, -0.1) is 0 Å². The number of unbranched alkanes of at least 4 members (excludes halogenated alkanes) is 1. The van der Waals surface area contributed by atoms with E-state index in [2.05, 4.69) is 28.1 Å². The number of rotatable bonds is 10. The van der Waals surface area contributed by atoms with E-state index in [1.54, 1.807) is 0 Å². The zero-order valence-corrected chi connectivity index (χ0v) is 21.4. The molecule has 3 aromatic rings. The Hall–Kier alpha value is -3.64. The molecule has 6 heteroatoms. The fourth-order valence-electron chi connectivity index (χ4n) is 4.97. The van der Waals surface area contributed by atoms with Gasteiger partial charge in [0.1, 0.15) is 6.04 Å². The van der Waals surface area contributed by atoms with E-state index in [4.69, 9.17) is 5.73 Å². The highest BCUT2D eigenvalue weighted by Crippen LogP contribution is 2.33. The molecule has 0 heterocycles. The summed E-state index contributed by atoms with van der Waals surface area (Å²) in [4.78, 5) is 25.9. The van der Waals surface area contributed by atoms with E-state index in [0.717, 1.165) is 29.7 Å². The first-order valence-electron chi connectivity index (χ1n) is 13.5. The molecular weight excluding hydrogens is 460 g/mol. The Morgan fingerprint density at radius 2 is 1.38 bits per heavy atom. The van der Waals surface area contributed by atoms with Crippen molar-refractivity contribution in [1.29, 1.82) is 0 Å². The van der Waals surface area contributed by atoms with Gasteiger partial charge in [0.25, 0.3) is 0 Å². The fourth-order valence-corrected chi connectivity index (χ4v) is 4.97. The van der Waals surface area contributed by atoms with Crippen LogP contribution in [0.4, 0.5) is 16.2 Å². The van der Waals surface area contributed by atoms with Crippen molar-refractivity contribution in [3.8, 4) is 11.1 Å². The Bertz CT molecular complexity index is 1120. The van der Waals surface area contributed by atoms with Crippen LogP contribution in [0.2, 0.25) is 0 Å². The van der Waals surface area contributed by atoms with Gasteiger partial charge in [-0.3, -0.25) is 4.79 Å². The van der Waals surface area contributed by atoms with Crippen LogP contribution in [-0.4, -0.2) is 24.5 Å². The molecule has 6 nitrogen and oxygen atoms in total. The molecule has 3 amide bonds. The minimum atomic E-state index is -0.659. The van der Waals surface area contributed by atoms with Crippen molar-refractivity contribution in [3.05, 3.63) is 84.4 Å². The second kappa shape index (κ2) is 13.6. The van der Waals surface area contributed by atoms with Gasteiger partial charge in [0, 0.05) is 11.4 Å². The van der Waals surface area contributed by atoms with Crippen LogP contribution in [0.5, 0.6) is 0 Å². The Morgan fingerprint density at radius 3 is 2.05 bits per heavy atom. The first-order chi connectivity index (χ1) is 18.1. The summed E-state index contributed by atoms with van der Waals surface area (Å²) in [5.41, 5.74) is 10.6. The summed E-state index contributed by atoms with van der Waals surface area (Å²) in [7, 11) is 0. The highest BCUT2D eigenvalue weighted by atomic mass is 16.2. The van der Waals surface area contributed by atoms with Crippen molar-refractivity contribution >= 4 is 23.3 Å². The van der Waals surface area contributed by atoms with Crippen LogP contribution in [-0.2, 0) is 4.79 Å². The number of hydrogen-bond acceptors (Lipinski definition) is 3. The first kappa shape index (κ1) is 26.4. The van der Waals surface area contributed by atoms with E-state index in [1.165, 1.54) is 37.7 Å². The molecule has 37 heavy (non-hydrogen) atoms. The molecule has 0 bridgehead atoms. The van der Waals surface area contributed by atoms with Crippen molar-refractivity contribution in [3.63, 3.8) is 0 Å². The van der Waals surface area contributed by atoms with E-state index in [9.17, 15) is 9.59 Å². The largest absolute Gasteiger partial charge is 0.330 e. The Morgan fingerprint density at radius 1 is 0.757 bits per heavy atom. The van der Waals surface area contributed by atoms with Gasteiger partial charge >= 0.3 is 6.03 Å². The van der Waals surface area contributed by atoms with Gasteiger partial charge in [-0.25, -0.2) is 4.79 Å². The molecule has 194 valence electrons. The van der Waals surface area contributed by atoms with Crippen molar-refractivity contribution in [2.75, 3.05) is 17.2 Å². The number of nitrogens with two attached hydrogens (primary N) is 1. The summed E-state index contributed by atoms with van der Waals surface area (Å²) in [6, 6.07) is 24.8. The summed E-state index contributed by atoms with van der Waals surface area (Å²) in [5, 5.41) is 8.68. The number of carbonyl (C=O) groups excluding carboxylic acids is 2. The first-order valence-corrected chi connectivity index (χ1v) is 13.5. The second-order valence-electron chi connectivity index (χ2n) is 9.83. The predicted molar refractivity (Wildman–Crippen MR) is 152 cm³/mol. The standard InChI is InChI=1S/C31H38N4O2/c32-22-8-7-13-29(30(36)33-27-18-14-25(15-19-27)23-9-3-1-4-10-23)35-31(37)34-28-20-16-26(17-21-28)24-11-5-2-6-12-24/h2,5-6,11-12,14-21,23,29H,1,3-4,7-10,13,22,32H2,(H,33,36)(H2,34,35,37)/t29-/m1/s1. The maximum absolute atomic E-state index is 13.1. The number of urea groups is 1. The Balaban J connectivity index is 1.34. The molecule has 0 radical (unpaired) electrons. The third-order valence-electron chi connectivity index (χ3n) is 7.07. The molecule has 0 aliphatic heterocycles. The van der Waals surface area contributed by atoms with E-state index in [1.807, 2.05) is 66.7 Å². The van der Waals surface area contributed by atoms with Gasteiger partial charge in [0.2, 0.25) is 5.91 Å². The SMILES string of the molecule is NCCCC[C@@H](NC(=O)Nc1ccc(-c2ccccc2)cc1)C(=O)Nc1ccc(C2CCCCC2)cc1. The number of benzene rings is 3. The van der Waals surface area contributed by atoms with E-state index in [-0.39, 0.29) is 5.91 Å². The van der Waals surface area contributed by atoms with E-state index in [0.29, 0.717) is 24.6 Å². The molecule has 4 rings (SSSR count). The summed E-state index contributed by atoms with van der Waals surface area (Å²) >= 11 is 0. The highest BCUT2D eigenvalue weighted by Gasteiger charge is 2.21. The normalized spacial score (nSPS) is 14.5. The van der Waals surface area contributed by atoms with Crippen molar-refractivity contribution in [1.82, 2.24) is 5.32 Å². The number of carbonyl (C=O) groups is 2. The lowest BCUT2D eigenvalue weighted by Gasteiger charge is -2.22. The smallest absolute Gasteiger partial charge is 0.319 e. The van der Waals surface area contributed by atoms with Crippen LogP contribution in [0.1, 0.15) is 62.8 Å². The molecule has 1 saturated carbocycles. The minimum absolute atomic E-state index is 0.225. The van der Waals surface area contributed by atoms with E-state index < -0.39 is 12.1 Å². The Kier molecular flexibility index (Phi) is 9.72. The highest BCUT2D eigenvalue weighted by molar-refractivity contribution is 5.99. The molecule has 5 N–H and O–H groups in total. The fraction of sp³-hybridized carbons (Fsp3) is 0.355. The quantitative estimate of drug-likeness (QED) is 0.235. The third kappa shape index (κ3) is 7.92. The maximum Gasteiger partial charge on any atom is 0.319 e. The van der Waals surface area contributed by atoms with Gasteiger partial charge in [0.05, 0.1) is 0 Å². The molecule has 0 unspecified atom stereocenters. The summed E-state index contributed by atoms with van der Waals surface area (Å²) in [6.45, 7) is 0.553. The van der Waals surface area contributed by atoms with Gasteiger partial charge in [-0.2, -0.15) is 0 Å². The summed E-state index contributed by atoms with van der Waals surface area (Å²) < 4.78 is 0. The molecule has 1 aliphatic carbocycles. The molecule has 0 aromatic heterocycles. The van der Waals surface area contributed by atoms with Crippen LogP contribution in [0.25, 0.3) is 11.1 Å². The van der Waals surface area contributed by atoms with Gasteiger partial charge in [-0.1, -0.05) is 73.9 Å².